The van der Waals surface area contributed by atoms with Gasteiger partial charge in [-0.05, 0) is 78.8 Å². The van der Waals surface area contributed by atoms with Crippen LogP contribution in [0, 0.1) is 23.2 Å². The predicted molar refractivity (Wildman–Crippen MR) is 95.0 cm³/mol. The van der Waals surface area contributed by atoms with Crippen molar-refractivity contribution >= 4 is 11.8 Å². The Morgan fingerprint density at radius 3 is 2.37 bits per heavy atom. The number of hydrogen-bond acceptors (Lipinski definition) is 6. The van der Waals surface area contributed by atoms with Crippen molar-refractivity contribution in [2.24, 2.45) is 23.2 Å². The van der Waals surface area contributed by atoms with Gasteiger partial charge in [0.2, 0.25) is 0 Å². The molecular formula is C20H22N4O3. The van der Waals surface area contributed by atoms with E-state index >= 15 is 0 Å². The van der Waals surface area contributed by atoms with Crippen LogP contribution in [0.3, 0.4) is 0 Å². The summed E-state index contributed by atoms with van der Waals surface area (Å²) in [6.07, 6.45) is 8.22. The molecule has 27 heavy (non-hydrogen) atoms. The van der Waals surface area contributed by atoms with Gasteiger partial charge in [-0.1, -0.05) is 12.1 Å². The monoisotopic (exact) mass is 366 g/mol. The Balaban J connectivity index is 1.30. The second-order valence-electron chi connectivity index (χ2n) is 8.47. The van der Waals surface area contributed by atoms with Gasteiger partial charge in [0.25, 0.3) is 0 Å². The van der Waals surface area contributed by atoms with Crippen molar-refractivity contribution in [3.63, 3.8) is 0 Å². The fourth-order valence-corrected chi connectivity index (χ4v) is 5.93. The van der Waals surface area contributed by atoms with Crippen LogP contribution in [0.25, 0.3) is 5.69 Å². The number of para-hydroxylation sites is 1. The number of nitrogens with zero attached hydrogens (tertiary/aromatic N) is 4. The smallest absolute Gasteiger partial charge is 0.340 e. The SMILES string of the molecule is O=C(OCC(=O)C12CC3CC(CC(C3)C1)C2)c1ccccc1-n1cnnn1. The zero-order chi connectivity index (χ0) is 18.4. The number of esters is 1. The van der Waals surface area contributed by atoms with E-state index in [-0.39, 0.29) is 17.8 Å². The summed E-state index contributed by atoms with van der Waals surface area (Å²) in [5.41, 5.74) is 0.641. The molecule has 140 valence electrons. The van der Waals surface area contributed by atoms with E-state index in [0.29, 0.717) is 29.0 Å². The maximum absolute atomic E-state index is 13.0. The molecule has 7 nitrogen and oxygen atoms in total. The van der Waals surface area contributed by atoms with Gasteiger partial charge in [-0.2, -0.15) is 4.68 Å². The van der Waals surface area contributed by atoms with E-state index in [1.807, 2.05) is 0 Å². The summed E-state index contributed by atoms with van der Waals surface area (Å²) in [4.78, 5) is 25.7. The second-order valence-corrected chi connectivity index (χ2v) is 8.47. The normalized spacial score (nSPS) is 31.0. The fourth-order valence-electron chi connectivity index (χ4n) is 5.93. The molecule has 4 bridgehead atoms. The van der Waals surface area contributed by atoms with Crippen molar-refractivity contribution in [2.75, 3.05) is 6.61 Å². The summed E-state index contributed by atoms with van der Waals surface area (Å²) in [5.74, 6) is 1.67. The van der Waals surface area contributed by atoms with Gasteiger partial charge in [0, 0.05) is 5.41 Å². The van der Waals surface area contributed by atoms with Gasteiger partial charge < -0.3 is 4.74 Å². The van der Waals surface area contributed by atoms with E-state index < -0.39 is 5.97 Å². The van der Waals surface area contributed by atoms with Crippen LogP contribution < -0.4 is 0 Å². The molecule has 0 atom stereocenters. The first kappa shape index (κ1) is 16.6. The van der Waals surface area contributed by atoms with E-state index in [9.17, 15) is 9.59 Å². The molecule has 4 aliphatic carbocycles. The minimum atomic E-state index is -0.515. The van der Waals surface area contributed by atoms with Crippen molar-refractivity contribution in [3.8, 4) is 5.69 Å². The van der Waals surface area contributed by atoms with E-state index in [1.165, 1.54) is 30.3 Å². The lowest BCUT2D eigenvalue weighted by atomic mass is 9.48. The fraction of sp³-hybridized carbons (Fsp3) is 0.550. The summed E-state index contributed by atoms with van der Waals surface area (Å²) in [7, 11) is 0. The first-order valence-corrected chi connectivity index (χ1v) is 9.66. The number of Topliss-reactive ketones (excluding diaryl/α,β-unsaturated/α-hetero) is 1. The number of hydrogen-bond donors (Lipinski definition) is 0. The molecule has 4 aliphatic rings. The number of carbonyl (C=O) groups excluding carboxylic acids is 2. The Hall–Kier alpha value is -2.57. The van der Waals surface area contributed by atoms with Crippen LogP contribution in [0.15, 0.2) is 30.6 Å². The highest BCUT2D eigenvalue weighted by Crippen LogP contribution is 2.60. The van der Waals surface area contributed by atoms with Gasteiger partial charge in [-0.15, -0.1) is 5.10 Å². The van der Waals surface area contributed by atoms with Crippen LogP contribution in [-0.4, -0.2) is 38.6 Å². The predicted octanol–water partition coefficient (Wildman–Crippen LogP) is 2.60. The Kier molecular flexibility index (Phi) is 3.84. The lowest BCUT2D eigenvalue weighted by Gasteiger charge is -2.55. The van der Waals surface area contributed by atoms with Crippen LogP contribution in [0.2, 0.25) is 0 Å². The van der Waals surface area contributed by atoms with Crippen LogP contribution in [0.4, 0.5) is 0 Å². The van der Waals surface area contributed by atoms with Crippen LogP contribution in [0.5, 0.6) is 0 Å². The van der Waals surface area contributed by atoms with Crippen molar-refractivity contribution in [1.82, 2.24) is 20.2 Å². The molecule has 0 radical (unpaired) electrons. The van der Waals surface area contributed by atoms with Crippen molar-refractivity contribution in [2.45, 2.75) is 38.5 Å². The maximum atomic E-state index is 13.0. The number of carbonyl (C=O) groups is 2. The average molecular weight is 366 g/mol. The third-order valence-corrected chi connectivity index (χ3v) is 6.68. The number of ether oxygens (including phenoxy) is 1. The molecule has 0 aliphatic heterocycles. The maximum Gasteiger partial charge on any atom is 0.340 e. The second kappa shape index (κ2) is 6.25. The Morgan fingerprint density at radius 2 is 1.74 bits per heavy atom. The largest absolute Gasteiger partial charge is 0.454 e. The third-order valence-electron chi connectivity index (χ3n) is 6.68. The number of benzene rings is 1. The molecule has 1 heterocycles. The molecule has 2 aromatic rings. The van der Waals surface area contributed by atoms with Crippen molar-refractivity contribution in [1.29, 1.82) is 0 Å². The third kappa shape index (κ3) is 2.85. The number of rotatable bonds is 5. The van der Waals surface area contributed by atoms with E-state index in [0.717, 1.165) is 19.3 Å². The molecule has 0 unspecified atom stereocenters. The Bertz CT molecular complexity index is 842. The zero-order valence-corrected chi connectivity index (χ0v) is 15.1. The molecule has 6 rings (SSSR count). The first-order valence-electron chi connectivity index (χ1n) is 9.66. The van der Waals surface area contributed by atoms with Crippen molar-refractivity contribution < 1.29 is 14.3 Å². The molecule has 7 heteroatoms. The Labute approximate surface area is 157 Å². The van der Waals surface area contributed by atoms with Gasteiger partial charge in [-0.25, -0.2) is 4.79 Å². The van der Waals surface area contributed by atoms with E-state index in [2.05, 4.69) is 15.5 Å². The minimum absolute atomic E-state index is 0.106. The summed E-state index contributed by atoms with van der Waals surface area (Å²) in [6, 6.07) is 6.96. The van der Waals surface area contributed by atoms with Crippen LogP contribution in [-0.2, 0) is 9.53 Å². The van der Waals surface area contributed by atoms with Gasteiger partial charge in [0.1, 0.15) is 6.33 Å². The Morgan fingerprint density at radius 1 is 1.07 bits per heavy atom. The standard InChI is InChI=1S/C20H22N4O3/c25-18(20-8-13-5-14(9-20)7-15(6-13)10-20)11-27-19(26)16-3-1-2-4-17(16)24-12-21-22-23-24/h1-4,12-15H,5-11H2. The van der Waals surface area contributed by atoms with Crippen LogP contribution >= 0.6 is 0 Å². The number of aromatic nitrogens is 4. The highest BCUT2D eigenvalue weighted by molar-refractivity contribution is 5.95. The molecule has 0 spiro atoms. The molecule has 1 aromatic carbocycles. The molecule has 1 aromatic heterocycles. The topological polar surface area (TPSA) is 87.0 Å². The molecular weight excluding hydrogens is 344 g/mol. The summed E-state index contributed by atoms with van der Waals surface area (Å²) >= 11 is 0. The molecule has 4 saturated carbocycles. The van der Waals surface area contributed by atoms with Gasteiger partial charge in [0.15, 0.2) is 12.4 Å². The summed E-state index contributed by atoms with van der Waals surface area (Å²) in [5, 5.41) is 11.0. The molecule has 4 fully saturated rings. The number of tetrazole rings is 1. The van der Waals surface area contributed by atoms with E-state index in [4.69, 9.17) is 4.74 Å². The molecule has 0 amide bonds. The first-order chi connectivity index (χ1) is 13.1. The summed E-state index contributed by atoms with van der Waals surface area (Å²) in [6.45, 7) is -0.144. The van der Waals surface area contributed by atoms with E-state index in [1.54, 1.807) is 24.3 Å². The minimum Gasteiger partial charge on any atom is -0.454 e. The average Bonchev–Trinajstić information content (AvgIpc) is 3.19. The quantitative estimate of drug-likeness (QED) is 0.756. The molecule has 0 saturated heterocycles. The van der Waals surface area contributed by atoms with Crippen LogP contribution in [0.1, 0.15) is 48.9 Å². The lowest BCUT2D eigenvalue weighted by Crippen LogP contribution is -2.51. The summed E-state index contributed by atoms with van der Waals surface area (Å²) < 4.78 is 6.86. The van der Waals surface area contributed by atoms with Gasteiger partial charge in [-0.3, -0.25) is 4.79 Å². The van der Waals surface area contributed by atoms with Gasteiger partial charge in [0.05, 0.1) is 11.3 Å². The zero-order valence-electron chi connectivity index (χ0n) is 15.1. The molecule has 0 N–H and O–H groups in total. The van der Waals surface area contributed by atoms with Gasteiger partial charge >= 0.3 is 5.97 Å². The highest BCUT2D eigenvalue weighted by atomic mass is 16.5. The van der Waals surface area contributed by atoms with Crippen molar-refractivity contribution in [3.05, 3.63) is 36.2 Å². The highest BCUT2D eigenvalue weighted by Gasteiger charge is 2.54. The lowest BCUT2D eigenvalue weighted by molar-refractivity contribution is -0.147. The number of ketones is 1.